The molecule has 2 aromatic carbocycles. The number of hydrogen-bond donors (Lipinski definition) is 0. The molecule has 0 unspecified atom stereocenters. The fourth-order valence-corrected chi connectivity index (χ4v) is 3.92. The lowest BCUT2D eigenvalue weighted by molar-refractivity contribution is 0.0961. The fraction of sp³-hybridized carbons (Fsp3) is 0.333. The second kappa shape index (κ2) is 5.52. The topological polar surface area (TPSA) is 37.4 Å². The van der Waals surface area contributed by atoms with Gasteiger partial charge in [-0.3, -0.25) is 4.90 Å². The maximum atomic E-state index is 11.9. The van der Waals surface area contributed by atoms with E-state index in [-0.39, 0.29) is 6.04 Å². The second-order valence-corrected chi connectivity index (χ2v) is 8.88. The first-order valence-corrected chi connectivity index (χ1v) is 9.33. The van der Waals surface area contributed by atoms with Crippen molar-refractivity contribution in [3.63, 3.8) is 0 Å². The van der Waals surface area contributed by atoms with Crippen molar-refractivity contribution in [3.05, 3.63) is 71.8 Å². The largest absolute Gasteiger partial charge is 0.289 e. The van der Waals surface area contributed by atoms with Crippen LogP contribution in [0.25, 0.3) is 0 Å². The van der Waals surface area contributed by atoms with E-state index >= 15 is 0 Å². The quantitative estimate of drug-likeness (QED) is 0.870. The minimum Gasteiger partial charge on any atom is -0.289 e. The van der Waals surface area contributed by atoms with Crippen LogP contribution in [0.15, 0.2) is 60.7 Å². The van der Waals surface area contributed by atoms with E-state index in [9.17, 15) is 8.42 Å². The van der Waals surface area contributed by atoms with Crippen LogP contribution >= 0.6 is 0 Å². The van der Waals surface area contributed by atoms with E-state index in [1.54, 1.807) is 0 Å². The Balaban J connectivity index is 1.93. The molecule has 4 heteroatoms. The molecule has 0 N–H and O–H groups in total. The van der Waals surface area contributed by atoms with Crippen LogP contribution in [0, 0.1) is 0 Å². The van der Waals surface area contributed by atoms with Crippen LogP contribution in [0.4, 0.5) is 0 Å². The molecular weight excluding hydrogens is 294 g/mol. The van der Waals surface area contributed by atoms with Gasteiger partial charge in [-0.25, -0.2) is 8.42 Å². The van der Waals surface area contributed by atoms with Gasteiger partial charge < -0.3 is 0 Å². The summed E-state index contributed by atoms with van der Waals surface area (Å²) in [7, 11) is -3.04. The van der Waals surface area contributed by atoms with Gasteiger partial charge in [0.25, 0.3) is 0 Å². The van der Waals surface area contributed by atoms with Crippen molar-refractivity contribution in [1.82, 2.24) is 4.90 Å². The van der Waals surface area contributed by atoms with Gasteiger partial charge in [0, 0.05) is 19.3 Å². The van der Waals surface area contributed by atoms with E-state index in [1.165, 1.54) is 17.4 Å². The highest BCUT2D eigenvalue weighted by Gasteiger charge is 2.49. The molecule has 116 valence electrons. The minimum atomic E-state index is -3.04. The SMILES string of the molecule is CC1(S(C)(=O)=O)CN(C(c2ccccc2)c2ccccc2)C1. The number of likely N-dealkylation sites (tertiary alicyclic amines) is 1. The van der Waals surface area contributed by atoms with E-state index in [0.29, 0.717) is 13.1 Å². The zero-order valence-corrected chi connectivity index (χ0v) is 13.8. The van der Waals surface area contributed by atoms with Crippen molar-refractivity contribution in [2.45, 2.75) is 17.7 Å². The van der Waals surface area contributed by atoms with Crippen molar-refractivity contribution >= 4 is 9.84 Å². The zero-order valence-electron chi connectivity index (χ0n) is 12.9. The maximum absolute atomic E-state index is 11.9. The number of sulfone groups is 1. The van der Waals surface area contributed by atoms with Gasteiger partial charge in [0.2, 0.25) is 0 Å². The summed E-state index contributed by atoms with van der Waals surface area (Å²) in [5.74, 6) is 0. The Hall–Kier alpha value is -1.65. The molecular formula is C18H21NO2S. The molecule has 0 spiro atoms. The molecule has 0 atom stereocenters. The highest BCUT2D eigenvalue weighted by atomic mass is 32.2. The fourth-order valence-electron chi connectivity index (χ4n) is 3.11. The van der Waals surface area contributed by atoms with Crippen LogP contribution in [-0.4, -0.2) is 37.4 Å². The van der Waals surface area contributed by atoms with Crippen LogP contribution < -0.4 is 0 Å². The first-order chi connectivity index (χ1) is 10.4. The Morgan fingerprint density at radius 3 is 1.68 bits per heavy atom. The molecule has 3 rings (SSSR count). The van der Waals surface area contributed by atoms with E-state index in [0.717, 1.165) is 0 Å². The standard InChI is InChI=1S/C18H21NO2S/c1-18(22(2,20)21)13-19(14-18)17(15-9-5-3-6-10-15)16-11-7-4-8-12-16/h3-12,17H,13-14H2,1-2H3. The molecule has 0 amide bonds. The van der Waals surface area contributed by atoms with Crippen molar-refractivity contribution in [1.29, 1.82) is 0 Å². The smallest absolute Gasteiger partial charge is 0.155 e. The van der Waals surface area contributed by atoms with Crippen LogP contribution in [0.5, 0.6) is 0 Å². The van der Waals surface area contributed by atoms with Crippen LogP contribution in [0.3, 0.4) is 0 Å². The molecule has 22 heavy (non-hydrogen) atoms. The van der Waals surface area contributed by atoms with E-state index in [1.807, 2.05) is 43.3 Å². The summed E-state index contributed by atoms with van der Waals surface area (Å²) < 4.78 is 23.3. The van der Waals surface area contributed by atoms with Gasteiger partial charge in [-0.05, 0) is 18.1 Å². The summed E-state index contributed by atoms with van der Waals surface area (Å²) in [5, 5.41) is 0. The number of nitrogens with zero attached hydrogens (tertiary/aromatic N) is 1. The highest BCUT2D eigenvalue weighted by Crippen LogP contribution is 2.38. The molecule has 1 fully saturated rings. The predicted molar refractivity (Wildman–Crippen MR) is 89.5 cm³/mol. The minimum absolute atomic E-state index is 0.109. The summed E-state index contributed by atoms with van der Waals surface area (Å²) in [6, 6.07) is 20.6. The molecule has 1 saturated heterocycles. The molecule has 1 heterocycles. The first-order valence-electron chi connectivity index (χ1n) is 7.44. The van der Waals surface area contributed by atoms with Crippen molar-refractivity contribution in [3.8, 4) is 0 Å². The van der Waals surface area contributed by atoms with Gasteiger partial charge in [-0.1, -0.05) is 60.7 Å². The molecule has 3 nitrogen and oxygen atoms in total. The van der Waals surface area contributed by atoms with Crippen LogP contribution in [0.1, 0.15) is 24.1 Å². The molecule has 1 aliphatic heterocycles. The van der Waals surface area contributed by atoms with E-state index in [4.69, 9.17) is 0 Å². The lowest BCUT2D eigenvalue weighted by Crippen LogP contribution is -2.64. The molecule has 1 aliphatic rings. The molecule has 0 aromatic heterocycles. The van der Waals surface area contributed by atoms with Crippen molar-refractivity contribution in [2.75, 3.05) is 19.3 Å². The summed E-state index contributed by atoms with van der Waals surface area (Å²) in [6.07, 6.45) is 1.34. The van der Waals surface area contributed by atoms with Gasteiger partial charge in [0.05, 0.1) is 10.8 Å². The third-order valence-electron chi connectivity index (χ3n) is 4.57. The molecule has 0 radical (unpaired) electrons. The average Bonchev–Trinajstić information content (AvgIpc) is 2.47. The number of hydrogen-bond acceptors (Lipinski definition) is 3. The lowest BCUT2D eigenvalue weighted by Gasteiger charge is -2.50. The zero-order chi connectivity index (χ0) is 15.8. The number of benzene rings is 2. The van der Waals surface area contributed by atoms with Crippen LogP contribution in [-0.2, 0) is 9.84 Å². The predicted octanol–water partition coefficient (Wildman–Crippen LogP) is 2.89. The van der Waals surface area contributed by atoms with E-state index in [2.05, 4.69) is 29.2 Å². The Kier molecular flexibility index (Phi) is 3.83. The summed E-state index contributed by atoms with van der Waals surface area (Å²) in [6.45, 7) is 2.98. The molecule has 0 bridgehead atoms. The Labute approximate surface area is 132 Å². The summed E-state index contributed by atoms with van der Waals surface area (Å²) >= 11 is 0. The highest BCUT2D eigenvalue weighted by molar-refractivity contribution is 7.92. The second-order valence-electron chi connectivity index (χ2n) is 6.35. The summed E-state index contributed by atoms with van der Waals surface area (Å²) in [4.78, 5) is 2.24. The van der Waals surface area contributed by atoms with E-state index < -0.39 is 14.6 Å². The van der Waals surface area contributed by atoms with Crippen LogP contribution in [0.2, 0.25) is 0 Å². The molecule has 0 saturated carbocycles. The Morgan fingerprint density at radius 2 is 1.32 bits per heavy atom. The van der Waals surface area contributed by atoms with Gasteiger partial charge in [0.1, 0.15) is 0 Å². The monoisotopic (exact) mass is 315 g/mol. The maximum Gasteiger partial charge on any atom is 0.155 e. The number of rotatable bonds is 4. The average molecular weight is 315 g/mol. The normalized spacial score (nSPS) is 18.1. The third-order valence-corrected chi connectivity index (χ3v) is 6.61. The van der Waals surface area contributed by atoms with Crippen molar-refractivity contribution < 1.29 is 8.42 Å². The first kappa shape index (κ1) is 15.3. The Morgan fingerprint density at radius 1 is 0.909 bits per heavy atom. The van der Waals surface area contributed by atoms with Gasteiger partial charge in [-0.2, -0.15) is 0 Å². The lowest BCUT2D eigenvalue weighted by atomic mass is 9.90. The van der Waals surface area contributed by atoms with Gasteiger partial charge in [-0.15, -0.1) is 0 Å². The molecule has 2 aromatic rings. The third kappa shape index (κ3) is 2.69. The molecule has 0 aliphatic carbocycles. The van der Waals surface area contributed by atoms with Crippen molar-refractivity contribution in [2.24, 2.45) is 0 Å². The summed E-state index contributed by atoms with van der Waals surface area (Å²) in [5.41, 5.74) is 2.40. The Bertz CT molecular complexity index is 696. The van der Waals surface area contributed by atoms with Gasteiger partial charge in [0.15, 0.2) is 9.84 Å². The van der Waals surface area contributed by atoms with Gasteiger partial charge >= 0.3 is 0 Å².